The smallest absolute Gasteiger partial charge is 0.222 e. The van der Waals surface area contributed by atoms with E-state index in [2.05, 4.69) is 33.1 Å². The van der Waals surface area contributed by atoms with Gasteiger partial charge in [0, 0.05) is 57.0 Å². The summed E-state index contributed by atoms with van der Waals surface area (Å²) in [6.45, 7) is 7.93. The molecule has 9 heteroatoms. The molecule has 2 N–H and O–H groups in total. The average molecular weight is 491 g/mol. The minimum Gasteiger partial charge on any atom is -0.378 e. The Labute approximate surface area is 212 Å². The number of carbonyl (C=O) groups is 2. The largest absolute Gasteiger partial charge is 0.378 e. The summed E-state index contributed by atoms with van der Waals surface area (Å²) in [7, 11) is 0. The minimum absolute atomic E-state index is 0.0830. The van der Waals surface area contributed by atoms with E-state index in [1.54, 1.807) is 18.5 Å². The number of hydrogen-bond donors (Lipinski definition) is 1. The maximum absolute atomic E-state index is 12.7. The van der Waals surface area contributed by atoms with E-state index >= 15 is 0 Å². The fourth-order valence-electron chi connectivity index (χ4n) is 4.40. The van der Waals surface area contributed by atoms with Gasteiger partial charge in [0.25, 0.3) is 0 Å². The van der Waals surface area contributed by atoms with Crippen molar-refractivity contribution in [3.8, 4) is 11.3 Å². The zero-order valence-corrected chi connectivity index (χ0v) is 21.1. The van der Waals surface area contributed by atoms with Crippen molar-refractivity contribution < 1.29 is 14.3 Å². The van der Waals surface area contributed by atoms with Gasteiger partial charge in [-0.25, -0.2) is 15.0 Å². The fourth-order valence-corrected chi connectivity index (χ4v) is 4.40. The van der Waals surface area contributed by atoms with E-state index in [0.29, 0.717) is 45.6 Å². The Kier molecular flexibility index (Phi) is 8.43. The lowest BCUT2D eigenvalue weighted by molar-refractivity contribution is -0.130. The summed E-state index contributed by atoms with van der Waals surface area (Å²) in [5, 5.41) is 0. The first-order chi connectivity index (χ1) is 17.4. The number of nitrogens with zero attached hydrogens (tertiary/aromatic N) is 5. The highest BCUT2D eigenvalue weighted by Gasteiger charge is 2.21. The lowest BCUT2D eigenvalue weighted by Crippen LogP contribution is -2.37. The number of aromatic nitrogens is 3. The zero-order chi connectivity index (χ0) is 25.5. The standard InChI is InChI=1S/C27H34N6O3/c1-19(2)14-23(34)4-3-5-26(35)33-8-6-20(7-9-33)21-15-24(22-17-29-27(28)30-18-22)31-25(16-21)32-10-12-36-13-11-32/h6,14-18H,3-5,7-13H2,1-2H3,(H2,28,29,30). The summed E-state index contributed by atoms with van der Waals surface area (Å²) in [6, 6.07) is 4.17. The summed E-state index contributed by atoms with van der Waals surface area (Å²) in [5.74, 6) is 1.30. The molecule has 1 fully saturated rings. The first-order valence-corrected chi connectivity index (χ1v) is 12.5. The summed E-state index contributed by atoms with van der Waals surface area (Å²) in [4.78, 5) is 41.8. The van der Waals surface area contributed by atoms with E-state index in [0.717, 1.165) is 47.7 Å². The van der Waals surface area contributed by atoms with E-state index in [4.69, 9.17) is 15.5 Å². The highest BCUT2D eigenvalue weighted by atomic mass is 16.5. The number of allylic oxidation sites excluding steroid dienone is 2. The molecule has 4 rings (SSSR count). The molecule has 0 unspecified atom stereocenters. The summed E-state index contributed by atoms with van der Waals surface area (Å²) in [5.41, 5.74) is 10.5. The van der Waals surface area contributed by atoms with Crippen LogP contribution in [0.15, 0.2) is 42.3 Å². The maximum Gasteiger partial charge on any atom is 0.222 e. The molecular formula is C27H34N6O3. The van der Waals surface area contributed by atoms with Gasteiger partial charge in [-0.2, -0.15) is 0 Å². The van der Waals surface area contributed by atoms with Gasteiger partial charge in [0.15, 0.2) is 5.78 Å². The van der Waals surface area contributed by atoms with Crippen molar-refractivity contribution in [1.82, 2.24) is 19.9 Å². The lowest BCUT2D eigenvalue weighted by atomic mass is 9.98. The molecule has 2 aliphatic rings. The van der Waals surface area contributed by atoms with Crippen molar-refractivity contribution in [3.05, 3.63) is 47.8 Å². The number of carbonyl (C=O) groups excluding carboxylic acids is 2. The third-order valence-corrected chi connectivity index (χ3v) is 6.31. The first-order valence-electron chi connectivity index (χ1n) is 12.5. The van der Waals surface area contributed by atoms with Crippen LogP contribution in [0.1, 0.15) is 45.1 Å². The predicted octanol–water partition coefficient (Wildman–Crippen LogP) is 3.28. The van der Waals surface area contributed by atoms with E-state index in [9.17, 15) is 9.59 Å². The minimum atomic E-state index is 0.0830. The topological polar surface area (TPSA) is 115 Å². The molecule has 1 saturated heterocycles. The van der Waals surface area contributed by atoms with Crippen LogP contribution < -0.4 is 10.6 Å². The van der Waals surface area contributed by atoms with E-state index in [-0.39, 0.29) is 17.6 Å². The number of amides is 1. The molecule has 1 amide bonds. The van der Waals surface area contributed by atoms with Crippen molar-refractivity contribution >= 4 is 29.0 Å². The van der Waals surface area contributed by atoms with Crippen LogP contribution in [-0.2, 0) is 14.3 Å². The van der Waals surface area contributed by atoms with Crippen LogP contribution in [0.5, 0.6) is 0 Å². The second-order valence-corrected chi connectivity index (χ2v) is 9.39. The molecule has 9 nitrogen and oxygen atoms in total. The van der Waals surface area contributed by atoms with Gasteiger partial charge in [0.2, 0.25) is 11.9 Å². The van der Waals surface area contributed by atoms with E-state index in [1.165, 1.54) is 5.57 Å². The molecule has 36 heavy (non-hydrogen) atoms. The Bertz CT molecular complexity index is 1150. The average Bonchev–Trinajstić information content (AvgIpc) is 2.89. The Balaban J connectivity index is 1.47. The van der Waals surface area contributed by atoms with Crippen molar-refractivity contribution in [1.29, 1.82) is 0 Å². The van der Waals surface area contributed by atoms with Crippen molar-refractivity contribution in [2.45, 2.75) is 39.5 Å². The van der Waals surface area contributed by atoms with Gasteiger partial charge in [-0.15, -0.1) is 0 Å². The molecular weight excluding hydrogens is 456 g/mol. The van der Waals surface area contributed by atoms with Gasteiger partial charge in [0.1, 0.15) is 5.82 Å². The Morgan fingerprint density at radius 2 is 1.81 bits per heavy atom. The van der Waals surface area contributed by atoms with Crippen LogP contribution in [0.2, 0.25) is 0 Å². The molecule has 190 valence electrons. The van der Waals surface area contributed by atoms with Crippen molar-refractivity contribution in [2.24, 2.45) is 0 Å². The number of hydrogen-bond acceptors (Lipinski definition) is 8. The Hall–Kier alpha value is -3.59. The third-order valence-electron chi connectivity index (χ3n) is 6.31. The normalized spacial score (nSPS) is 15.9. The second-order valence-electron chi connectivity index (χ2n) is 9.39. The van der Waals surface area contributed by atoms with Crippen LogP contribution in [0.4, 0.5) is 11.8 Å². The monoisotopic (exact) mass is 490 g/mol. The summed E-state index contributed by atoms with van der Waals surface area (Å²) in [6.07, 6.45) is 9.28. The van der Waals surface area contributed by atoms with Gasteiger partial charge in [-0.3, -0.25) is 9.59 Å². The van der Waals surface area contributed by atoms with Crippen LogP contribution in [0, 0.1) is 0 Å². The van der Waals surface area contributed by atoms with Crippen LogP contribution in [-0.4, -0.2) is 70.9 Å². The number of nitrogen functional groups attached to an aromatic ring is 1. The Morgan fingerprint density at radius 1 is 1.06 bits per heavy atom. The number of pyridine rings is 1. The quantitative estimate of drug-likeness (QED) is 0.561. The van der Waals surface area contributed by atoms with Gasteiger partial charge < -0.3 is 20.3 Å². The molecule has 0 saturated carbocycles. The van der Waals surface area contributed by atoms with Gasteiger partial charge in [-0.1, -0.05) is 11.6 Å². The molecule has 0 aromatic carbocycles. The SMILES string of the molecule is CC(C)=CC(=O)CCCC(=O)N1CC=C(c2cc(-c3cnc(N)nc3)nc(N3CCOCC3)c2)CC1. The number of nitrogens with two attached hydrogens (primary N) is 1. The van der Waals surface area contributed by atoms with Crippen molar-refractivity contribution in [3.63, 3.8) is 0 Å². The fraction of sp³-hybridized carbons (Fsp3) is 0.444. The molecule has 4 heterocycles. The number of anilines is 2. The van der Waals surface area contributed by atoms with Gasteiger partial charge >= 0.3 is 0 Å². The lowest BCUT2D eigenvalue weighted by Gasteiger charge is -2.30. The number of ether oxygens (including phenoxy) is 1. The van der Waals surface area contributed by atoms with Crippen LogP contribution in [0.3, 0.4) is 0 Å². The Morgan fingerprint density at radius 3 is 2.47 bits per heavy atom. The zero-order valence-electron chi connectivity index (χ0n) is 21.1. The summed E-state index contributed by atoms with van der Waals surface area (Å²) >= 11 is 0. The number of rotatable bonds is 8. The van der Waals surface area contributed by atoms with Crippen LogP contribution in [0.25, 0.3) is 16.8 Å². The van der Waals surface area contributed by atoms with E-state index < -0.39 is 0 Å². The first kappa shape index (κ1) is 25.5. The molecule has 2 aliphatic heterocycles. The number of morpholine rings is 1. The number of ketones is 1. The molecule has 0 spiro atoms. The maximum atomic E-state index is 12.7. The highest BCUT2D eigenvalue weighted by Crippen LogP contribution is 2.30. The molecule has 2 aromatic rings. The second kappa shape index (κ2) is 11.9. The molecule has 0 radical (unpaired) electrons. The molecule has 0 aliphatic carbocycles. The van der Waals surface area contributed by atoms with Crippen molar-refractivity contribution in [2.75, 3.05) is 50.0 Å². The van der Waals surface area contributed by atoms with Gasteiger partial charge in [-0.05, 0) is 56.0 Å². The molecule has 0 bridgehead atoms. The summed E-state index contributed by atoms with van der Waals surface area (Å²) < 4.78 is 5.51. The van der Waals surface area contributed by atoms with Crippen LogP contribution >= 0.6 is 0 Å². The van der Waals surface area contributed by atoms with Gasteiger partial charge in [0.05, 0.1) is 18.9 Å². The third kappa shape index (κ3) is 6.75. The molecule has 2 aromatic heterocycles. The van der Waals surface area contributed by atoms with E-state index in [1.807, 2.05) is 18.7 Å². The molecule has 0 atom stereocenters. The highest BCUT2D eigenvalue weighted by molar-refractivity contribution is 5.90. The predicted molar refractivity (Wildman–Crippen MR) is 140 cm³/mol.